The molecule has 4 rings (SSSR count). The summed E-state index contributed by atoms with van der Waals surface area (Å²) in [5, 5.41) is 15.9. The molecule has 2 heterocycles. The van der Waals surface area contributed by atoms with E-state index >= 15 is 0 Å². The molecule has 2 N–H and O–H groups in total. The van der Waals surface area contributed by atoms with E-state index < -0.39 is 0 Å². The van der Waals surface area contributed by atoms with Gasteiger partial charge in [-0.2, -0.15) is 15.4 Å². The number of H-pyrrole nitrogens is 1. The SMILES string of the molecule is CC(C)c1ccc(C(NC(=O)c2ccc3n[nH]nc3c2)c2cccs2)cc1. The zero-order valence-electron chi connectivity index (χ0n) is 15.1. The van der Waals surface area contributed by atoms with Gasteiger partial charge in [0.15, 0.2) is 0 Å². The van der Waals surface area contributed by atoms with E-state index in [0.29, 0.717) is 17.0 Å². The lowest BCUT2D eigenvalue weighted by atomic mass is 9.98. The van der Waals surface area contributed by atoms with Crippen LogP contribution in [0, 0.1) is 0 Å². The maximum absolute atomic E-state index is 12.9. The van der Waals surface area contributed by atoms with E-state index in [-0.39, 0.29) is 11.9 Å². The first-order valence-electron chi connectivity index (χ1n) is 8.86. The first-order valence-corrected chi connectivity index (χ1v) is 9.74. The smallest absolute Gasteiger partial charge is 0.252 e. The second-order valence-electron chi connectivity index (χ2n) is 6.77. The van der Waals surface area contributed by atoms with Crippen LogP contribution in [0.1, 0.15) is 52.2 Å². The topological polar surface area (TPSA) is 70.7 Å². The number of hydrogen-bond donors (Lipinski definition) is 2. The molecular formula is C21H20N4OS. The van der Waals surface area contributed by atoms with Gasteiger partial charge in [-0.25, -0.2) is 0 Å². The van der Waals surface area contributed by atoms with Gasteiger partial charge in [-0.1, -0.05) is 44.2 Å². The van der Waals surface area contributed by atoms with Crippen molar-refractivity contribution in [2.75, 3.05) is 0 Å². The van der Waals surface area contributed by atoms with Crippen molar-refractivity contribution in [3.05, 3.63) is 81.5 Å². The first-order chi connectivity index (χ1) is 13.1. The average Bonchev–Trinajstić information content (AvgIpc) is 3.37. The van der Waals surface area contributed by atoms with Crippen LogP contribution in [0.4, 0.5) is 0 Å². The minimum atomic E-state index is -0.188. The molecule has 0 radical (unpaired) electrons. The Hall–Kier alpha value is -2.99. The Bertz CT molecular complexity index is 1050. The van der Waals surface area contributed by atoms with E-state index in [1.165, 1.54) is 5.56 Å². The van der Waals surface area contributed by atoms with Gasteiger partial charge >= 0.3 is 0 Å². The molecule has 1 unspecified atom stereocenters. The van der Waals surface area contributed by atoms with Gasteiger partial charge in [0.25, 0.3) is 5.91 Å². The number of thiophene rings is 1. The summed E-state index contributed by atoms with van der Waals surface area (Å²) < 4.78 is 0. The van der Waals surface area contributed by atoms with E-state index in [1.807, 2.05) is 17.5 Å². The number of rotatable bonds is 5. The molecule has 0 saturated heterocycles. The molecule has 0 aliphatic heterocycles. The van der Waals surface area contributed by atoms with E-state index in [4.69, 9.17) is 0 Å². The lowest BCUT2D eigenvalue weighted by molar-refractivity contribution is 0.0943. The summed E-state index contributed by atoms with van der Waals surface area (Å²) in [6.07, 6.45) is 0. The highest BCUT2D eigenvalue weighted by molar-refractivity contribution is 7.10. The van der Waals surface area contributed by atoms with Gasteiger partial charge in [-0.05, 0) is 46.7 Å². The summed E-state index contributed by atoms with van der Waals surface area (Å²) in [5.74, 6) is 0.342. The number of aromatic nitrogens is 3. The van der Waals surface area contributed by atoms with Crippen LogP contribution in [-0.4, -0.2) is 21.3 Å². The van der Waals surface area contributed by atoms with Crippen molar-refractivity contribution in [1.82, 2.24) is 20.7 Å². The molecule has 0 aliphatic rings. The molecule has 4 aromatic rings. The van der Waals surface area contributed by atoms with Crippen molar-refractivity contribution >= 4 is 28.3 Å². The fourth-order valence-electron chi connectivity index (χ4n) is 3.04. The molecule has 2 aromatic heterocycles. The summed E-state index contributed by atoms with van der Waals surface area (Å²) >= 11 is 1.64. The van der Waals surface area contributed by atoms with Crippen LogP contribution in [0.25, 0.3) is 11.0 Å². The van der Waals surface area contributed by atoms with Crippen molar-refractivity contribution in [3.8, 4) is 0 Å². The molecule has 0 fully saturated rings. The number of amides is 1. The van der Waals surface area contributed by atoms with E-state index in [2.05, 4.69) is 58.8 Å². The molecule has 0 saturated carbocycles. The highest BCUT2D eigenvalue weighted by atomic mass is 32.1. The summed E-state index contributed by atoms with van der Waals surface area (Å²) in [6.45, 7) is 4.35. The monoisotopic (exact) mass is 376 g/mol. The lowest BCUT2D eigenvalue weighted by Crippen LogP contribution is -2.28. The van der Waals surface area contributed by atoms with Gasteiger partial charge in [0.1, 0.15) is 11.0 Å². The highest BCUT2D eigenvalue weighted by Gasteiger charge is 2.19. The zero-order valence-corrected chi connectivity index (χ0v) is 16.0. The van der Waals surface area contributed by atoms with E-state index in [9.17, 15) is 4.79 Å². The predicted molar refractivity (Wildman–Crippen MR) is 108 cm³/mol. The number of nitrogens with one attached hydrogen (secondary N) is 2. The number of aromatic amines is 1. The highest BCUT2D eigenvalue weighted by Crippen LogP contribution is 2.28. The third kappa shape index (κ3) is 3.61. The Balaban J connectivity index is 1.64. The van der Waals surface area contributed by atoms with Gasteiger partial charge in [-0.3, -0.25) is 4.79 Å². The molecule has 1 amide bonds. The van der Waals surface area contributed by atoms with Gasteiger partial charge in [-0.15, -0.1) is 11.3 Å². The second kappa shape index (κ2) is 7.32. The molecule has 2 aromatic carbocycles. The van der Waals surface area contributed by atoms with Crippen LogP contribution in [0.15, 0.2) is 60.0 Å². The predicted octanol–water partition coefficient (Wildman–Crippen LogP) is 4.66. The molecule has 1 atom stereocenters. The Morgan fingerprint density at radius 2 is 1.74 bits per heavy atom. The van der Waals surface area contributed by atoms with Crippen LogP contribution in [-0.2, 0) is 0 Å². The number of carbonyl (C=O) groups is 1. The van der Waals surface area contributed by atoms with Crippen molar-refractivity contribution in [2.24, 2.45) is 0 Å². The van der Waals surface area contributed by atoms with Crippen LogP contribution in [0.3, 0.4) is 0 Å². The van der Waals surface area contributed by atoms with Gasteiger partial charge < -0.3 is 5.32 Å². The number of benzene rings is 2. The van der Waals surface area contributed by atoms with Crippen LogP contribution in [0.2, 0.25) is 0 Å². The molecule has 0 bridgehead atoms. The summed E-state index contributed by atoms with van der Waals surface area (Å²) in [6, 6.07) is 17.6. The maximum Gasteiger partial charge on any atom is 0.252 e. The van der Waals surface area contributed by atoms with Gasteiger partial charge in [0.2, 0.25) is 0 Å². The summed E-state index contributed by atoms with van der Waals surface area (Å²) in [7, 11) is 0. The van der Waals surface area contributed by atoms with Gasteiger partial charge in [0.05, 0.1) is 6.04 Å². The van der Waals surface area contributed by atoms with Crippen molar-refractivity contribution in [3.63, 3.8) is 0 Å². The third-order valence-electron chi connectivity index (χ3n) is 4.62. The number of fused-ring (bicyclic) bond motifs is 1. The maximum atomic E-state index is 12.9. The van der Waals surface area contributed by atoms with E-state index in [1.54, 1.807) is 29.5 Å². The minimum absolute atomic E-state index is 0.133. The average molecular weight is 376 g/mol. The van der Waals surface area contributed by atoms with Crippen molar-refractivity contribution in [2.45, 2.75) is 25.8 Å². The summed E-state index contributed by atoms with van der Waals surface area (Å²) in [5.41, 5.74) is 4.34. The number of nitrogens with zero attached hydrogens (tertiary/aromatic N) is 2. The largest absolute Gasteiger partial charge is 0.340 e. The fraction of sp³-hybridized carbons (Fsp3) is 0.190. The molecule has 0 aliphatic carbocycles. The lowest BCUT2D eigenvalue weighted by Gasteiger charge is -2.19. The zero-order chi connectivity index (χ0) is 18.8. The molecule has 6 heteroatoms. The Morgan fingerprint density at radius 3 is 2.44 bits per heavy atom. The normalized spacial score (nSPS) is 12.4. The second-order valence-corrected chi connectivity index (χ2v) is 7.75. The first kappa shape index (κ1) is 17.4. The quantitative estimate of drug-likeness (QED) is 0.532. The standard InChI is InChI=1S/C21H20N4OS/c1-13(2)14-5-7-15(8-6-14)20(19-4-3-11-27-19)22-21(26)16-9-10-17-18(12-16)24-25-23-17/h3-13,20H,1-2H3,(H,22,26)(H,23,24,25). The summed E-state index contributed by atoms with van der Waals surface area (Å²) in [4.78, 5) is 14.0. The van der Waals surface area contributed by atoms with Crippen LogP contribution < -0.4 is 5.32 Å². The van der Waals surface area contributed by atoms with Crippen molar-refractivity contribution < 1.29 is 4.79 Å². The van der Waals surface area contributed by atoms with Crippen molar-refractivity contribution in [1.29, 1.82) is 0 Å². The molecular weight excluding hydrogens is 356 g/mol. The Morgan fingerprint density at radius 1 is 1.00 bits per heavy atom. The van der Waals surface area contributed by atoms with E-state index in [0.717, 1.165) is 16.0 Å². The third-order valence-corrected chi connectivity index (χ3v) is 5.56. The molecule has 0 spiro atoms. The Kier molecular flexibility index (Phi) is 4.73. The van der Waals surface area contributed by atoms with Gasteiger partial charge in [0, 0.05) is 10.4 Å². The van der Waals surface area contributed by atoms with Crippen LogP contribution >= 0.6 is 11.3 Å². The van der Waals surface area contributed by atoms with Crippen LogP contribution in [0.5, 0.6) is 0 Å². The molecule has 5 nitrogen and oxygen atoms in total. The fourth-order valence-corrected chi connectivity index (χ4v) is 3.85. The molecule has 136 valence electrons. The minimum Gasteiger partial charge on any atom is -0.340 e. The number of hydrogen-bond acceptors (Lipinski definition) is 4. The number of carbonyl (C=O) groups excluding carboxylic acids is 1. The molecule has 27 heavy (non-hydrogen) atoms. The Labute approximate surface area is 161 Å².